The zero-order valence-corrected chi connectivity index (χ0v) is 13.7. The van der Waals surface area contributed by atoms with Crippen molar-refractivity contribution >= 4 is 29.3 Å². The second kappa shape index (κ2) is 6.72. The summed E-state index contributed by atoms with van der Waals surface area (Å²) in [5.41, 5.74) is 16.4. The van der Waals surface area contributed by atoms with Gasteiger partial charge in [-0.1, -0.05) is 24.3 Å². The molecule has 1 fully saturated rings. The van der Waals surface area contributed by atoms with Gasteiger partial charge in [0.2, 0.25) is 0 Å². The van der Waals surface area contributed by atoms with Gasteiger partial charge in [0.1, 0.15) is 0 Å². The molecular formula is C20H21N3O. The summed E-state index contributed by atoms with van der Waals surface area (Å²) in [6.45, 7) is 1.25. The lowest BCUT2D eigenvalue weighted by Gasteiger charge is -2.26. The molecule has 1 aliphatic heterocycles. The summed E-state index contributed by atoms with van der Waals surface area (Å²) in [5, 5.41) is 0. The molecule has 3 rings (SSSR count). The fourth-order valence-corrected chi connectivity index (χ4v) is 2.91. The summed E-state index contributed by atoms with van der Waals surface area (Å²) in [5.74, 6) is 0.0814. The molecule has 0 unspecified atom stereocenters. The highest BCUT2D eigenvalue weighted by molar-refractivity contribution is 6.14. The molecule has 1 saturated heterocycles. The van der Waals surface area contributed by atoms with Crippen molar-refractivity contribution in [1.29, 1.82) is 0 Å². The molecule has 4 N–H and O–H groups in total. The maximum atomic E-state index is 12.8. The Morgan fingerprint density at radius 1 is 0.875 bits per heavy atom. The number of carbonyl (C=O) groups excluding carboxylic acids is 1. The van der Waals surface area contributed by atoms with Crippen LogP contribution in [0.15, 0.2) is 59.7 Å². The Labute approximate surface area is 142 Å². The fourth-order valence-electron chi connectivity index (χ4n) is 2.91. The van der Waals surface area contributed by atoms with Gasteiger partial charge in [-0.25, -0.2) is 0 Å². The average Bonchev–Trinajstić information content (AvgIpc) is 2.52. The number of nitrogen functional groups attached to an aromatic ring is 2. The zero-order chi connectivity index (χ0) is 17.1. The van der Waals surface area contributed by atoms with E-state index in [1.807, 2.05) is 67.7 Å². The SMILES string of the molecule is CN1CC(=Cc2cccc(N)c2)C(=O)C(=Cc2cccc(N)c2)C1. The van der Waals surface area contributed by atoms with E-state index >= 15 is 0 Å². The summed E-state index contributed by atoms with van der Waals surface area (Å²) in [6, 6.07) is 15.1. The first kappa shape index (κ1) is 16.0. The first-order valence-corrected chi connectivity index (χ1v) is 7.87. The van der Waals surface area contributed by atoms with Crippen LogP contribution >= 0.6 is 0 Å². The van der Waals surface area contributed by atoms with Gasteiger partial charge >= 0.3 is 0 Å². The minimum atomic E-state index is 0.0814. The van der Waals surface area contributed by atoms with Crippen molar-refractivity contribution in [2.24, 2.45) is 0 Å². The molecule has 2 aromatic carbocycles. The van der Waals surface area contributed by atoms with E-state index in [0.29, 0.717) is 24.5 Å². The highest BCUT2D eigenvalue weighted by Crippen LogP contribution is 2.22. The number of Topliss-reactive ketones (excluding diaryl/α,β-unsaturated/α-hetero) is 1. The number of carbonyl (C=O) groups is 1. The predicted molar refractivity (Wildman–Crippen MR) is 100 cm³/mol. The molecule has 0 amide bonds. The maximum Gasteiger partial charge on any atom is 0.187 e. The van der Waals surface area contributed by atoms with Gasteiger partial charge in [-0.15, -0.1) is 0 Å². The van der Waals surface area contributed by atoms with Crippen LogP contribution in [0, 0.1) is 0 Å². The van der Waals surface area contributed by atoms with Gasteiger partial charge < -0.3 is 11.5 Å². The Morgan fingerprint density at radius 3 is 1.75 bits per heavy atom. The van der Waals surface area contributed by atoms with Gasteiger partial charge in [0.05, 0.1) is 0 Å². The second-order valence-electron chi connectivity index (χ2n) is 6.18. The number of benzene rings is 2. The molecule has 2 aromatic rings. The number of hydrogen-bond acceptors (Lipinski definition) is 4. The van der Waals surface area contributed by atoms with Gasteiger partial charge in [0.25, 0.3) is 0 Å². The molecule has 0 aromatic heterocycles. The second-order valence-corrected chi connectivity index (χ2v) is 6.18. The molecule has 0 spiro atoms. The normalized spacial score (nSPS) is 19.1. The summed E-state index contributed by atoms with van der Waals surface area (Å²) < 4.78 is 0. The van der Waals surface area contributed by atoms with Gasteiger partial charge in [0, 0.05) is 35.6 Å². The average molecular weight is 319 g/mol. The van der Waals surface area contributed by atoms with E-state index in [4.69, 9.17) is 11.5 Å². The summed E-state index contributed by atoms with van der Waals surface area (Å²) in [7, 11) is 2.01. The number of rotatable bonds is 2. The molecule has 1 aliphatic rings. The number of nitrogens with zero attached hydrogens (tertiary/aromatic N) is 1. The predicted octanol–water partition coefficient (Wildman–Crippen LogP) is 2.83. The van der Waals surface area contributed by atoms with Crippen LogP contribution in [0.1, 0.15) is 11.1 Å². The topological polar surface area (TPSA) is 72.3 Å². The Kier molecular flexibility index (Phi) is 4.49. The third kappa shape index (κ3) is 3.73. The van der Waals surface area contributed by atoms with Crippen LogP contribution in [0.5, 0.6) is 0 Å². The van der Waals surface area contributed by atoms with Crippen LogP contribution in [0.4, 0.5) is 11.4 Å². The number of likely N-dealkylation sites (N-methyl/N-ethyl adjacent to an activating group) is 1. The number of ketones is 1. The molecule has 0 saturated carbocycles. The highest BCUT2D eigenvalue weighted by atomic mass is 16.1. The number of hydrogen-bond donors (Lipinski definition) is 2. The summed E-state index contributed by atoms with van der Waals surface area (Å²) in [4.78, 5) is 14.9. The molecule has 0 bridgehead atoms. The number of anilines is 2. The molecule has 4 heteroatoms. The van der Waals surface area contributed by atoms with Crippen molar-refractivity contribution in [3.8, 4) is 0 Å². The van der Waals surface area contributed by atoms with Crippen molar-refractivity contribution in [3.63, 3.8) is 0 Å². The molecule has 4 nitrogen and oxygen atoms in total. The van der Waals surface area contributed by atoms with Crippen LogP contribution in [0.3, 0.4) is 0 Å². The lowest BCUT2D eigenvalue weighted by molar-refractivity contribution is -0.113. The van der Waals surface area contributed by atoms with E-state index in [1.165, 1.54) is 0 Å². The Morgan fingerprint density at radius 2 is 1.33 bits per heavy atom. The van der Waals surface area contributed by atoms with Gasteiger partial charge in [-0.2, -0.15) is 0 Å². The van der Waals surface area contributed by atoms with E-state index in [9.17, 15) is 4.79 Å². The maximum absolute atomic E-state index is 12.8. The van der Waals surface area contributed by atoms with Crippen LogP contribution < -0.4 is 11.5 Å². The smallest absolute Gasteiger partial charge is 0.187 e. The highest BCUT2D eigenvalue weighted by Gasteiger charge is 2.23. The minimum Gasteiger partial charge on any atom is -0.399 e. The monoisotopic (exact) mass is 319 g/mol. The first-order chi connectivity index (χ1) is 11.5. The Bertz CT molecular complexity index is 769. The van der Waals surface area contributed by atoms with Crippen molar-refractivity contribution in [2.45, 2.75) is 0 Å². The fraction of sp³-hybridized carbons (Fsp3) is 0.150. The van der Waals surface area contributed by atoms with Gasteiger partial charge in [-0.3, -0.25) is 9.69 Å². The van der Waals surface area contributed by atoms with E-state index in [2.05, 4.69) is 4.90 Å². The summed E-state index contributed by atoms with van der Waals surface area (Å²) in [6.07, 6.45) is 3.84. The van der Waals surface area contributed by atoms with E-state index in [1.54, 1.807) is 0 Å². The van der Waals surface area contributed by atoms with E-state index in [0.717, 1.165) is 22.3 Å². The molecule has 1 heterocycles. The summed E-state index contributed by atoms with van der Waals surface area (Å²) >= 11 is 0. The molecule has 0 atom stereocenters. The molecule has 0 aliphatic carbocycles. The molecular weight excluding hydrogens is 298 g/mol. The van der Waals surface area contributed by atoms with Crippen molar-refractivity contribution < 1.29 is 4.79 Å². The lowest BCUT2D eigenvalue weighted by atomic mass is 9.94. The van der Waals surface area contributed by atoms with E-state index < -0.39 is 0 Å². The largest absolute Gasteiger partial charge is 0.399 e. The standard InChI is InChI=1S/C20H21N3O/c1-23-12-16(8-14-4-2-6-18(21)10-14)20(24)17(13-23)9-15-5-3-7-19(22)11-15/h2-11H,12-13,21-22H2,1H3. The lowest BCUT2D eigenvalue weighted by Crippen LogP contribution is -2.34. The van der Waals surface area contributed by atoms with Crippen LogP contribution in [-0.4, -0.2) is 30.8 Å². The van der Waals surface area contributed by atoms with Gasteiger partial charge in [0.15, 0.2) is 5.78 Å². The molecule has 122 valence electrons. The Balaban J connectivity index is 1.94. The first-order valence-electron chi connectivity index (χ1n) is 7.87. The number of piperidine rings is 1. The Hall–Kier alpha value is -2.85. The van der Waals surface area contributed by atoms with Crippen molar-refractivity contribution in [3.05, 3.63) is 70.8 Å². The van der Waals surface area contributed by atoms with Crippen LogP contribution in [0.2, 0.25) is 0 Å². The van der Waals surface area contributed by atoms with Crippen LogP contribution in [-0.2, 0) is 4.79 Å². The molecule has 24 heavy (non-hydrogen) atoms. The van der Waals surface area contributed by atoms with Gasteiger partial charge in [-0.05, 0) is 54.6 Å². The van der Waals surface area contributed by atoms with Crippen molar-refractivity contribution in [2.75, 3.05) is 31.6 Å². The molecule has 0 radical (unpaired) electrons. The minimum absolute atomic E-state index is 0.0814. The van der Waals surface area contributed by atoms with Crippen molar-refractivity contribution in [1.82, 2.24) is 4.90 Å². The third-order valence-corrected chi connectivity index (χ3v) is 3.97. The zero-order valence-electron chi connectivity index (χ0n) is 13.7. The van der Waals surface area contributed by atoms with Crippen LogP contribution in [0.25, 0.3) is 12.2 Å². The third-order valence-electron chi connectivity index (χ3n) is 3.97. The number of nitrogens with two attached hydrogens (primary N) is 2. The number of likely N-dealkylation sites (tertiary alicyclic amines) is 1. The van der Waals surface area contributed by atoms with E-state index in [-0.39, 0.29) is 5.78 Å². The quantitative estimate of drug-likeness (QED) is 0.659.